The molecule has 21 heavy (non-hydrogen) atoms. The molecule has 0 aliphatic carbocycles. The van der Waals surface area contributed by atoms with Gasteiger partial charge in [0.1, 0.15) is 0 Å². The van der Waals surface area contributed by atoms with E-state index in [1.165, 1.54) is 6.26 Å². The Morgan fingerprint density at radius 1 is 1.38 bits per heavy atom. The highest BCUT2D eigenvalue weighted by atomic mass is 32.2. The van der Waals surface area contributed by atoms with Gasteiger partial charge < -0.3 is 5.32 Å². The van der Waals surface area contributed by atoms with Gasteiger partial charge in [-0.25, -0.2) is 8.42 Å². The minimum atomic E-state index is -3.20. The second-order valence-corrected chi connectivity index (χ2v) is 7.26. The molecule has 2 rings (SSSR count). The Balaban J connectivity index is 2.26. The summed E-state index contributed by atoms with van der Waals surface area (Å²) in [7, 11) is -3.20. The van der Waals surface area contributed by atoms with Gasteiger partial charge in [-0.15, -0.1) is 0 Å². The lowest BCUT2D eigenvalue weighted by atomic mass is 10.1. The largest absolute Gasteiger partial charge is 0.378 e. The highest BCUT2D eigenvalue weighted by Gasteiger charge is 2.13. The van der Waals surface area contributed by atoms with Gasteiger partial charge >= 0.3 is 0 Å². The summed E-state index contributed by atoms with van der Waals surface area (Å²) in [6.07, 6.45) is 5.04. The number of anilines is 1. The molecule has 2 aromatic rings. The standard InChI is InChI=1S/C15H21N3O2S/c1-5-18-10-13(9-16-18)12(3)17-15-8-14(21(4,19)20)7-6-11(15)2/h6-10,12,17H,5H2,1-4H3. The molecule has 0 aliphatic heterocycles. The summed E-state index contributed by atoms with van der Waals surface area (Å²) in [4.78, 5) is 0.326. The van der Waals surface area contributed by atoms with Gasteiger partial charge in [-0.05, 0) is 38.5 Å². The highest BCUT2D eigenvalue weighted by Crippen LogP contribution is 2.24. The summed E-state index contributed by atoms with van der Waals surface area (Å²) in [6.45, 7) is 6.85. The predicted octanol–water partition coefficient (Wildman–Crippen LogP) is 2.79. The first-order chi connectivity index (χ1) is 9.81. The molecule has 0 spiro atoms. The maximum Gasteiger partial charge on any atom is 0.175 e. The van der Waals surface area contributed by atoms with Crippen LogP contribution in [-0.2, 0) is 16.4 Å². The van der Waals surface area contributed by atoms with Crippen LogP contribution in [0.4, 0.5) is 5.69 Å². The topological polar surface area (TPSA) is 64.0 Å². The molecule has 1 N–H and O–H groups in total. The fraction of sp³-hybridized carbons (Fsp3) is 0.400. The first-order valence-corrected chi connectivity index (χ1v) is 8.80. The lowest BCUT2D eigenvalue weighted by Gasteiger charge is -2.16. The minimum absolute atomic E-state index is 0.0545. The minimum Gasteiger partial charge on any atom is -0.378 e. The molecule has 5 nitrogen and oxygen atoms in total. The smallest absolute Gasteiger partial charge is 0.175 e. The Kier molecular flexibility index (Phi) is 4.37. The maximum atomic E-state index is 11.7. The summed E-state index contributed by atoms with van der Waals surface area (Å²) >= 11 is 0. The molecule has 0 saturated carbocycles. The van der Waals surface area contributed by atoms with Crippen LogP contribution in [0.3, 0.4) is 0 Å². The SMILES string of the molecule is CCn1cc(C(C)Nc2cc(S(C)(=O)=O)ccc2C)cn1. The molecule has 1 unspecified atom stereocenters. The van der Waals surface area contributed by atoms with Crippen molar-refractivity contribution >= 4 is 15.5 Å². The zero-order chi connectivity index (χ0) is 15.6. The van der Waals surface area contributed by atoms with Crippen molar-refractivity contribution in [1.29, 1.82) is 0 Å². The second kappa shape index (κ2) is 5.89. The Bertz CT molecular complexity index is 735. The van der Waals surface area contributed by atoms with Gasteiger partial charge in [0.05, 0.1) is 17.1 Å². The number of sulfone groups is 1. The predicted molar refractivity (Wildman–Crippen MR) is 84.2 cm³/mol. The van der Waals surface area contributed by atoms with Gasteiger partial charge in [-0.2, -0.15) is 5.10 Å². The van der Waals surface area contributed by atoms with Crippen molar-refractivity contribution in [2.75, 3.05) is 11.6 Å². The number of hydrogen-bond donors (Lipinski definition) is 1. The number of aryl methyl sites for hydroxylation is 2. The van der Waals surface area contributed by atoms with Gasteiger partial charge in [-0.3, -0.25) is 4.68 Å². The van der Waals surface area contributed by atoms with E-state index in [1.807, 2.05) is 43.9 Å². The van der Waals surface area contributed by atoms with Gasteiger partial charge in [0, 0.05) is 30.2 Å². The third-order valence-corrected chi connectivity index (χ3v) is 4.60. The monoisotopic (exact) mass is 307 g/mol. The third kappa shape index (κ3) is 3.64. The van der Waals surface area contributed by atoms with Crippen molar-refractivity contribution in [3.05, 3.63) is 41.7 Å². The quantitative estimate of drug-likeness (QED) is 0.922. The zero-order valence-corrected chi connectivity index (χ0v) is 13.6. The molecular formula is C15H21N3O2S. The Morgan fingerprint density at radius 2 is 2.10 bits per heavy atom. The average Bonchev–Trinajstić information content (AvgIpc) is 2.88. The Labute approximate surface area is 125 Å². The van der Waals surface area contributed by atoms with Crippen molar-refractivity contribution in [3.63, 3.8) is 0 Å². The third-order valence-electron chi connectivity index (χ3n) is 3.49. The molecule has 114 valence electrons. The Morgan fingerprint density at radius 3 is 2.67 bits per heavy atom. The molecule has 1 atom stereocenters. The molecule has 0 saturated heterocycles. The van der Waals surface area contributed by atoms with Gasteiger partial charge in [-0.1, -0.05) is 6.07 Å². The molecule has 1 aromatic carbocycles. The molecule has 1 aromatic heterocycles. The number of nitrogens with one attached hydrogen (secondary N) is 1. The molecule has 0 radical (unpaired) electrons. The molecule has 1 heterocycles. The number of hydrogen-bond acceptors (Lipinski definition) is 4. The van der Waals surface area contributed by atoms with Gasteiger partial charge in [0.2, 0.25) is 0 Å². The van der Waals surface area contributed by atoms with Crippen LogP contribution in [0, 0.1) is 6.92 Å². The van der Waals surface area contributed by atoms with Crippen LogP contribution >= 0.6 is 0 Å². The van der Waals surface area contributed by atoms with Crippen LogP contribution in [0.25, 0.3) is 0 Å². The molecule has 0 fully saturated rings. The van der Waals surface area contributed by atoms with Crippen LogP contribution in [0.15, 0.2) is 35.5 Å². The van der Waals surface area contributed by atoms with E-state index in [4.69, 9.17) is 0 Å². The van der Waals surface area contributed by atoms with E-state index in [0.29, 0.717) is 4.90 Å². The fourth-order valence-electron chi connectivity index (χ4n) is 2.08. The van der Waals surface area contributed by atoms with E-state index < -0.39 is 9.84 Å². The lowest BCUT2D eigenvalue weighted by Crippen LogP contribution is -2.08. The number of nitrogens with zero attached hydrogens (tertiary/aromatic N) is 2. The van der Waals surface area contributed by atoms with E-state index in [-0.39, 0.29) is 6.04 Å². The molecule has 0 bridgehead atoms. The van der Waals surface area contributed by atoms with Crippen LogP contribution in [0.1, 0.15) is 31.0 Å². The Hall–Kier alpha value is -1.82. The fourth-order valence-corrected chi connectivity index (χ4v) is 2.73. The number of benzene rings is 1. The van der Waals surface area contributed by atoms with Gasteiger partial charge in [0.15, 0.2) is 9.84 Å². The summed E-state index contributed by atoms with van der Waals surface area (Å²) in [5, 5.41) is 7.62. The zero-order valence-electron chi connectivity index (χ0n) is 12.8. The van der Waals surface area contributed by atoms with Crippen molar-refractivity contribution in [3.8, 4) is 0 Å². The summed E-state index contributed by atoms with van der Waals surface area (Å²) < 4.78 is 25.2. The molecule has 6 heteroatoms. The van der Waals surface area contributed by atoms with E-state index in [1.54, 1.807) is 12.1 Å². The van der Waals surface area contributed by atoms with Crippen LogP contribution < -0.4 is 5.32 Å². The second-order valence-electron chi connectivity index (χ2n) is 5.24. The molecule has 0 amide bonds. The van der Waals surface area contributed by atoms with E-state index in [2.05, 4.69) is 10.4 Å². The van der Waals surface area contributed by atoms with Crippen LogP contribution in [-0.4, -0.2) is 24.5 Å². The van der Waals surface area contributed by atoms with Crippen LogP contribution in [0.5, 0.6) is 0 Å². The lowest BCUT2D eigenvalue weighted by molar-refractivity contribution is 0.602. The van der Waals surface area contributed by atoms with Crippen molar-refractivity contribution < 1.29 is 8.42 Å². The van der Waals surface area contributed by atoms with E-state index in [9.17, 15) is 8.42 Å². The number of aromatic nitrogens is 2. The van der Waals surface area contributed by atoms with Crippen molar-refractivity contribution in [2.24, 2.45) is 0 Å². The molecule has 0 aliphatic rings. The first kappa shape index (κ1) is 15.6. The van der Waals surface area contributed by atoms with Crippen molar-refractivity contribution in [2.45, 2.75) is 38.3 Å². The first-order valence-electron chi connectivity index (χ1n) is 6.91. The highest BCUT2D eigenvalue weighted by molar-refractivity contribution is 7.90. The van der Waals surface area contributed by atoms with E-state index >= 15 is 0 Å². The summed E-state index contributed by atoms with van der Waals surface area (Å²) in [5.41, 5.74) is 2.91. The molecular weight excluding hydrogens is 286 g/mol. The summed E-state index contributed by atoms with van der Waals surface area (Å²) in [6, 6.07) is 5.20. The van der Waals surface area contributed by atoms with E-state index in [0.717, 1.165) is 23.4 Å². The van der Waals surface area contributed by atoms with Crippen LogP contribution in [0.2, 0.25) is 0 Å². The number of rotatable bonds is 5. The van der Waals surface area contributed by atoms with Crippen molar-refractivity contribution in [1.82, 2.24) is 9.78 Å². The average molecular weight is 307 g/mol. The maximum absolute atomic E-state index is 11.7. The normalized spacial score (nSPS) is 13.1. The summed E-state index contributed by atoms with van der Waals surface area (Å²) in [5.74, 6) is 0. The van der Waals surface area contributed by atoms with Gasteiger partial charge in [0.25, 0.3) is 0 Å².